The quantitative estimate of drug-likeness (QED) is 0.239. The first-order valence-corrected chi connectivity index (χ1v) is 16.0. The molecule has 2 saturated heterocycles. The summed E-state index contributed by atoms with van der Waals surface area (Å²) in [6, 6.07) is 9.91. The number of fused-ring (bicyclic) bond motifs is 2. The smallest absolute Gasteiger partial charge is 0.322 e. The number of hydrogen-bond acceptors (Lipinski definition) is 8. The molecule has 0 spiro atoms. The van der Waals surface area contributed by atoms with Crippen molar-refractivity contribution in [1.29, 1.82) is 0 Å². The lowest BCUT2D eigenvalue weighted by molar-refractivity contribution is -0.186. The van der Waals surface area contributed by atoms with Crippen LogP contribution >= 0.6 is 0 Å². The molecular weight excluding hydrogens is 608 g/mol. The number of amides is 2. The van der Waals surface area contributed by atoms with Crippen LogP contribution in [0.5, 0.6) is 11.5 Å². The summed E-state index contributed by atoms with van der Waals surface area (Å²) in [5, 5.41) is 14.3. The van der Waals surface area contributed by atoms with Crippen molar-refractivity contribution in [2.75, 3.05) is 58.3 Å². The Kier molecular flexibility index (Phi) is 8.56. The Morgan fingerprint density at radius 1 is 1.17 bits per heavy atom. The molecule has 248 valence electrons. The molecular formula is C34H39F2N7O4. The van der Waals surface area contributed by atoms with E-state index in [0.29, 0.717) is 52.6 Å². The third-order valence-electron chi connectivity index (χ3n) is 9.47. The molecule has 0 bridgehead atoms. The van der Waals surface area contributed by atoms with Crippen LogP contribution in [0, 0.1) is 0 Å². The van der Waals surface area contributed by atoms with E-state index in [0.717, 1.165) is 43.9 Å². The van der Waals surface area contributed by atoms with Crippen molar-refractivity contribution >= 4 is 22.8 Å². The van der Waals surface area contributed by atoms with Gasteiger partial charge in [-0.3, -0.25) is 9.88 Å². The molecule has 0 aliphatic carbocycles. The van der Waals surface area contributed by atoms with E-state index in [1.165, 1.54) is 6.07 Å². The Morgan fingerprint density at radius 2 is 1.98 bits per heavy atom. The lowest BCUT2D eigenvalue weighted by Crippen LogP contribution is -2.46. The molecule has 6 heterocycles. The molecule has 4 aromatic rings. The fourth-order valence-corrected chi connectivity index (χ4v) is 6.54. The Labute approximate surface area is 271 Å². The summed E-state index contributed by atoms with van der Waals surface area (Å²) >= 11 is 0. The fraction of sp³-hybridized carbons (Fsp3) is 0.441. The van der Waals surface area contributed by atoms with Gasteiger partial charge in [-0.2, -0.15) is 0 Å². The standard InChI is InChI=1S/C34H39F2N7O4/c1-3-21-17-43(33(44)39-24-5-4-22(26(13-24)31(35)36)16-42-10-8-41(2)9-11-42)18-23-12-25(15-38-30(21)23)47-28-6-7-37-32-27(28)14-29(40-32)34(45)19-46-20-34/h4-7,12-15,21,31,45H,3,8-11,16-20H2,1-2H3,(H,37,40)(H,39,44)/t21-/m1/s1. The maximum absolute atomic E-state index is 14.1. The molecule has 3 N–H and O–H groups in total. The number of halogens is 2. The van der Waals surface area contributed by atoms with Gasteiger partial charge in [0.1, 0.15) is 17.1 Å². The lowest BCUT2D eigenvalue weighted by Gasteiger charge is -2.35. The van der Waals surface area contributed by atoms with E-state index in [9.17, 15) is 18.7 Å². The second kappa shape index (κ2) is 12.8. The highest BCUT2D eigenvalue weighted by molar-refractivity contribution is 5.89. The van der Waals surface area contributed by atoms with E-state index >= 15 is 0 Å². The maximum atomic E-state index is 14.1. The van der Waals surface area contributed by atoms with Gasteiger partial charge in [-0.15, -0.1) is 0 Å². The number of piperazine rings is 1. The van der Waals surface area contributed by atoms with Crippen molar-refractivity contribution in [2.24, 2.45) is 0 Å². The minimum absolute atomic E-state index is 0.00597. The number of ether oxygens (including phenoxy) is 2. The number of aromatic nitrogens is 3. The normalized spacial score (nSPS) is 19.9. The number of hydrogen-bond donors (Lipinski definition) is 3. The number of urea groups is 1. The van der Waals surface area contributed by atoms with Gasteiger partial charge in [0.15, 0.2) is 5.60 Å². The number of carbonyl (C=O) groups is 1. The molecule has 0 unspecified atom stereocenters. The molecule has 0 radical (unpaired) electrons. The highest BCUT2D eigenvalue weighted by atomic mass is 19.3. The number of anilines is 1. The van der Waals surface area contributed by atoms with Gasteiger partial charge in [0.25, 0.3) is 6.43 Å². The Morgan fingerprint density at radius 3 is 2.70 bits per heavy atom. The Hall–Kier alpha value is -4.17. The van der Waals surface area contributed by atoms with Crippen LogP contribution in [0.4, 0.5) is 19.3 Å². The molecule has 2 amide bonds. The third kappa shape index (κ3) is 6.40. The highest BCUT2D eigenvalue weighted by Gasteiger charge is 2.40. The molecule has 11 nitrogen and oxygen atoms in total. The van der Waals surface area contributed by atoms with Gasteiger partial charge in [-0.05, 0) is 54.9 Å². The molecule has 1 aromatic carbocycles. The number of carbonyl (C=O) groups excluding carboxylic acids is 1. The van der Waals surface area contributed by atoms with Gasteiger partial charge in [0.05, 0.1) is 36.2 Å². The number of alkyl halides is 2. The summed E-state index contributed by atoms with van der Waals surface area (Å²) in [6.07, 6.45) is 1.42. The van der Waals surface area contributed by atoms with Crippen molar-refractivity contribution < 1.29 is 28.2 Å². The molecule has 3 aromatic heterocycles. The van der Waals surface area contributed by atoms with E-state index in [1.807, 2.05) is 19.1 Å². The summed E-state index contributed by atoms with van der Waals surface area (Å²) < 4.78 is 39.7. The highest BCUT2D eigenvalue weighted by Crippen LogP contribution is 2.37. The number of pyridine rings is 2. The van der Waals surface area contributed by atoms with Gasteiger partial charge in [-0.1, -0.05) is 13.0 Å². The minimum atomic E-state index is -2.65. The average Bonchev–Trinajstić information content (AvgIpc) is 3.50. The summed E-state index contributed by atoms with van der Waals surface area (Å²) in [4.78, 5) is 31.9. The molecule has 2 fully saturated rings. The van der Waals surface area contributed by atoms with Gasteiger partial charge < -0.3 is 34.7 Å². The van der Waals surface area contributed by atoms with Gasteiger partial charge in [0.2, 0.25) is 0 Å². The number of nitrogens with zero attached hydrogens (tertiary/aromatic N) is 5. The van der Waals surface area contributed by atoms with Gasteiger partial charge >= 0.3 is 6.03 Å². The zero-order chi connectivity index (χ0) is 32.7. The molecule has 3 aliphatic heterocycles. The Balaban J connectivity index is 1.07. The van der Waals surface area contributed by atoms with Crippen molar-refractivity contribution in [2.45, 2.75) is 44.4 Å². The lowest BCUT2D eigenvalue weighted by atomic mass is 9.92. The van der Waals surface area contributed by atoms with E-state index in [4.69, 9.17) is 14.5 Å². The van der Waals surface area contributed by atoms with Crippen LogP contribution < -0.4 is 10.1 Å². The summed E-state index contributed by atoms with van der Waals surface area (Å²) in [7, 11) is 2.06. The number of rotatable bonds is 8. The van der Waals surface area contributed by atoms with Crippen LogP contribution in [0.3, 0.4) is 0 Å². The van der Waals surface area contributed by atoms with Gasteiger partial charge in [-0.25, -0.2) is 18.6 Å². The maximum Gasteiger partial charge on any atom is 0.322 e. The van der Waals surface area contributed by atoms with Crippen LogP contribution in [0.2, 0.25) is 0 Å². The Bertz CT molecular complexity index is 1770. The van der Waals surface area contributed by atoms with E-state index in [2.05, 4.69) is 32.1 Å². The largest absolute Gasteiger partial charge is 0.455 e. The number of aromatic amines is 1. The van der Waals surface area contributed by atoms with Crippen molar-refractivity contribution in [3.63, 3.8) is 0 Å². The molecule has 13 heteroatoms. The number of likely N-dealkylation sites (N-methyl/N-ethyl adjacent to an activating group) is 1. The molecule has 0 saturated carbocycles. The predicted molar refractivity (Wildman–Crippen MR) is 172 cm³/mol. The van der Waals surface area contributed by atoms with Crippen LogP contribution in [0.15, 0.2) is 48.8 Å². The van der Waals surface area contributed by atoms with E-state index in [1.54, 1.807) is 35.5 Å². The molecule has 1 atom stereocenters. The van der Waals surface area contributed by atoms with Crippen LogP contribution in [-0.4, -0.2) is 93.8 Å². The van der Waals surface area contributed by atoms with Gasteiger partial charge in [0, 0.05) is 69.2 Å². The van der Waals surface area contributed by atoms with Crippen molar-refractivity contribution in [3.05, 3.63) is 76.9 Å². The van der Waals surface area contributed by atoms with Crippen LogP contribution in [0.1, 0.15) is 53.8 Å². The summed E-state index contributed by atoms with van der Waals surface area (Å²) in [5.74, 6) is 1.05. The topological polar surface area (TPSA) is 119 Å². The molecule has 3 aliphatic rings. The van der Waals surface area contributed by atoms with Crippen molar-refractivity contribution in [3.8, 4) is 11.5 Å². The first-order valence-electron chi connectivity index (χ1n) is 16.0. The SMILES string of the molecule is CC[C@@H]1CN(C(=O)Nc2ccc(CN3CCN(C)CC3)c(C(F)F)c2)Cc2cc(Oc3ccnc4[nH]c(C5(O)COC5)cc34)cnc21. The van der Waals surface area contributed by atoms with E-state index < -0.39 is 12.0 Å². The summed E-state index contributed by atoms with van der Waals surface area (Å²) in [6.45, 7) is 7.13. The summed E-state index contributed by atoms with van der Waals surface area (Å²) in [5.41, 5.74) is 2.75. The zero-order valence-corrected chi connectivity index (χ0v) is 26.5. The molecule has 7 rings (SSSR count). The molecule has 47 heavy (non-hydrogen) atoms. The van der Waals surface area contributed by atoms with Crippen molar-refractivity contribution in [1.82, 2.24) is 29.7 Å². The van der Waals surface area contributed by atoms with E-state index in [-0.39, 0.29) is 37.3 Å². The zero-order valence-electron chi connectivity index (χ0n) is 26.5. The second-order valence-corrected chi connectivity index (χ2v) is 12.8. The first kappa shape index (κ1) is 31.4. The second-order valence-electron chi connectivity index (χ2n) is 12.8. The minimum Gasteiger partial charge on any atom is -0.455 e. The number of H-pyrrole nitrogens is 1. The first-order chi connectivity index (χ1) is 22.7. The third-order valence-corrected chi connectivity index (χ3v) is 9.47. The number of benzene rings is 1. The number of nitrogens with one attached hydrogen (secondary N) is 2. The van der Waals surface area contributed by atoms with Crippen LogP contribution in [-0.2, 0) is 23.4 Å². The monoisotopic (exact) mass is 647 g/mol. The number of aliphatic hydroxyl groups is 1. The fourth-order valence-electron chi connectivity index (χ4n) is 6.54. The average molecular weight is 648 g/mol. The predicted octanol–water partition coefficient (Wildman–Crippen LogP) is 5.19. The van der Waals surface area contributed by atoms with Crippen LogP contribution in [0.25, 0.3) is 11.0 Å².